The van der Waals surface area contributed by atoms with Crippen molar-refractivity contribution in [1.29, 1.82) is 0 Å². The Hall–Kier alpha value is -2.02. The molecule has 5 nitrogen and oxygen atoms in total. The van der Waals surface area contributed by atoms with Gasteiger partial charge in [-0.25, -0.2) is 0 Å². The fourth-order valence-corrected chi connectivity index (χ4v) is 4.25. The summed E-state index contributed by atoms with van der Waals surface area (Å²) >= 11 is 1.85. The smallest absolute Gasteiger partial charge is 0.0749 e. The zero-order chi connectivity index (χ0) is 17.1. The van der Waals surface area contributed by atoms with Gasteiger partial charge >= 0.3 is 0 Å². The van der Waals surface area contributed by atoms with Gasteiger partial charge in [-0.2, -0.15) is 5.10 Å². The molecule has 1 aliphatic rings. The van der Waals surface area contributed by atoms with Crippen molar-refractivity contribution in [3.8, 4) is 10.6 Å². The van der Waals surface area contributed by atoms with Gasteiger partial charge in [0.2, 0.25) is 0 Å². The third-order valence-electron chi connectivity index (χ3n) is 4.76. The molecule has 1 aliphatic heterocycles. The highest BCUT2D eigenvalue weighted by Crippen LogP contribution is 2.27. The molecule has 25 heavy (non-hydrogen) atoms. The van der Waals surface area contributed by atoms with E-state index in [-0.39, 0.29) is 0 Å². The molecule has 130 valence electrons. The van der Waals surface area contributed by atoms with Gasteiger partial charge in [0.15, 0.2) is 0 Å². The Morgan fingerprint density at radius 1 is 1.00 bits per heavy atom. The minimum Gasteiger partial charge on any atom is -0.296 e. The Morgan fingerprint density at radius 3 is 2.52 bits per heavy atom. The molecule has 0 radical (unpaired) electrons. The lowest BCUT2D eigenvalue weighted by Crippen LogP contribution is -2.45. The van der Waals surface area contributed by atoms with Crippen molar-refractivity contribution >= 4 is 11.3 Å². The summed E-state index contributed by atoms with van der Waals surface area (Å²) in [6, 6.07) is 10.6. The molecule has 0 unspecified atom stereocenters. The summed E-state index contributed by atoms with van der Waals surface area (Å²) in [5.41, 5.74) is 3.60. The molecule has 4 heterocycles. The number of nitrogens with one attached hydrogen (secondary N) is 1. The molecule has 0 amide bonds. The van der Waals surface area contributed by atoms with Crippen LogP contribution in [0.5, 0.6) is 0 Å². The summed E-state index contributed by atoms with van der Waals surface area (Å²) in [4.78, 5) is 12.3. The Kier molecular flexibility index (Phi) is 4.92. The van der Waals surface area contributed by atoms with Crippen LogP contribution >= 0.6 is 11.3 Å². The number of hydrogen-bond acceptors (Lipinski definition) is 5. The number of nitrogens with zero attached hydrogens (tertiary/aromatic N) is 4. The van der Waals surface area contributed by atoms with Crippen LogP contribution in [0.15, 0.2) is 42.7 Å². The van der Waals surface area contributed by atoms with Crippen molar-refractivity contribution in [2.75, 3.05) is 26.2 Å². The normalized spacial score (nSPS) is 16.4. The maximum Gasteiger partial charge on any atom is 0.0749 e. The minimum atomic E-state index is 0.962. The summed E-state index contributed by atoms with van der Waals surface area (Å²) < 4.78 is 0. The number of aromatic nitrogens is 3. The van der Waals surface area contributed by atoms with E-state index in [2.05, 4.69) is 50.1 Å². The van der Waals surface area contributed by atoms with Gasteiger partial charge in [-0.3, -0.25) is 19.9 Å². The van der Waals surface area contributed by atoms with Gasteiger partial charge < -0.3 is 0 Å². The topological polar surface area (TPSA) is 48.1 Å². The molecule has 0 bridgehead atoms. The maximum absolute atomic E-state index is 4.52. The number of hydrogen-bond donors (Lipinski definition) is 1. The van der Waals surface area contributed by atoms with Crippen LogP contribution in [0.4, 0.5) is 0 Å². The van der Waals surface area contributed by atoms with E-state index >= 15 is 0 Å². The first kappa shape index (κ1) is 16.4. The lowest BCUT2D eigenvalue weighted by atomic mass is 10.2. The van der Waals surface area contributed by atoms with E-state index in [9.17, 15) is 0 Å². The molecule has 0 atom stereocenters. The lowest BCUT2D eigenvalue weighted by Gasteiger charge is -2.34. The molecule has 0 aliphatic carbocycles. The second-order valence-electron chi connectivity index (χ2n) is 6.56. The second-order valence-corrected chi connectivity index (χ2v) is 7.72. The van der Waals surface area contributed by atoms with Crippen molar-refractivity contribution < 1.29 is 0 Å². The van der Waals surface area contributed by atoms with Crippen LogP contribution < -0.4 is 0 Å². The number of aromatic amines is 1. The molecule has 0 spiro atoms. The van der Waals surface area contributed by atoms with E-state index in [1.165, 1.54) is 21.0 Å². The molecule has 0 aromatic carbocycles. The number of thiophene rings is 1. The van der Waals surface area contributed by atoms with Crippen LogP contribution in [0.3, 0.4) is 0 Å². The van der Waals surface area contributed by atoms with E-state index in [0.29, 0.717) is 0 Å². The predicted octanol–water partition coefficient (Wildman–Crippen LogP) is 3.16. The molecule has 4 rings (SSSR count). The van der Waals surface area contributed by atoms with Gasteiger partial charge in [0.05, 0.1) is 16.3 Å². The zero-order valence-corrected chi connectivity index (χ0v) is 15.3. The zero-order valence-electron chi connectivity index (χ0n) is 14.5. The second kappa shape index (κ2) is 7.47. The van der Waals surface area contributed by atoms with Crippen LogP contribution in [0, 0.1) is 6.92 Å². The first-order chi connectivity index (χ1) is 12.3. The Morgan fingerprint density at radius 2 is 1.80 bits per heavy atom. The summed E-state index contributed by atoms with van der Waals surface area (Å²) in [5, 5.41) is 7.07. The molecule has 1 fully saturated rings. The van der Waals surface area contributed by atoms with Crippen LogP contribution in [-0.4, -0.2) is 51.2 Å². The van der Waals surface area contributed by atoms with Gasteiger partial charge in [-0.15, -0.1) is 11.3 Å². The van der Waals surface area contributed by atoms with E-state index < -0.39 is 0 Å². The van der Waals surface area contributed by atoms with Gasteiger partial charge in [0.1, 0.15) is 0 Å². The fraction of sp³-hybridized carbons (Fsp3) is 0.368. The fourth-order valence-electron chi connectivity index (χ4n) is 3.22. The molecule has 1 saturated heterocycles. The van der Waals surface area contributed by atoms with Crippen molar-refractivity contribution in [2.45, 2.75) is 20.0 Å². The Bertz CT molecular complexity index is 803. The van der Waals surface area contributed by atoms with E-state index in [1.54, 1.807) is 6.20 Å². The van der Waals surface area contributed by atoms with Crippen molar-refractivity contribution in [3.05, 3.63) is 58.9 Å². The average Bonchev–Trinajstić information content (AvgIpc) is 3.30. The Labute approximate surface area is 152 Å². The Balaban J connectivity index is 1.30. The highest BCUT2D eigenvalue weighted by Gasteiger charge is 2.18. The van der Waals surface area contributed by atoms with Gasteiger partial charge in [0, 0.05) is 56.5 Å². The number of pyridine rings is 1. The molecule has 6 heteroatoms. The molecule has 1 N–H and O–H groups in total. The van der Waals surface area contributed by atoms with E-state index in [1.807, 2.05) is 29.7 Å². The van der Waals surface area contributed by atoms with Crippen molar-refractivity contribution in [2.24, 2.45) is 0 Å². The van der Waals surface area contributed by atoms with Crippen LogP contribution in [0.1, 0.15) is 16.1 Å². The number of aryl methyl sites for hydroxylation is 1. The number of rotatable bonds is 5. The van der Waals surface area contributed by atoms with Gasteiger partial charge in [-0.1, -0.05) is 6.07 Å². The van der Waals surface area contributed by atoms with E-state index in [0.717, 1.165) is 45.0 Å². The third kappa shape index (κ3) is 3.98. The SMILES string of the molecule is Cc1cccnc1CN1CCN(Cc2ccc(-c3ccn[nH]3)s2)CC1. The molecule has 0 saturated carbocycles. The van der Waals surface area contributed by atoms with Gasteiger partial charge in [0.25, 0.3) is 0 Å². The first-order valence-corrected chi connectivity index (χ1v) is 9.53. The monoisotopic (exact) mass is 353 g/mol. The molecule has 3 aromatic rings. The largest absolute Gasteiger partial charge is 0.296 e. The van der Waals surface area contributed by atoms with Crippen LogP contribution in [0.2, 0.25) is 0 Å². The third-order valence-corrected chi connectivity index (χ3v) is 5.87. The molecular formula is C19H23N5S. The van der Waals surface area contributed by atoms with Gasteiger partial charge in [-0.05, 0) is 36.8 Å². The number of H-pyrrole nitrogens is 1. The number of piperazine rings is 1. The standard InChI is InChI=1S/C19H23N5S/c1-15-3-2-7-20-18(15)14-24-11-9-23(10-12-24)13-16-4-5-19(25-16)17-6-8-21-22-17/h2-8H,9-14H2,1H3,(H,21,22). The summed E-state index contributed by atoms with van der Waals surface area (Å²) in [5.74, 6) is 0. The molecular weight excluding hydrogens is 330 g/mol. The van der Waals surface area contributed by atoms with Crippen LogP contribution in [-0.2, 0) is 13.1 Å². The molecule has 3 aromatic heterocycles. The van der Waals surface area contributed by atoms with E-state index in [4.69, 9.17) is 0 Å². The summed E-state index contributed by atoms with van der Waals surface area (Å²) in [6.07, 6.45) is 3.70. The average molecular weight is 353 g/mol. The quantitative estimate of drug-likeness (QED) is 0.765. The highest BCUT2D eigenvalue weighted by atomic mass is 32.1. The van der Waals surface area contributed by atoms with Crippen LogP contribution in [0.25, 0.3) is 10.6 Å². The van der Waals surface area contributed by atoms with Crippen molar-refractivity contribution in [3.63, 3.8) is 0 Å². The first-order valence-electron chi connectivity index (χ1n) is 8.71. The lowest BCUT2D eigenvalue weighted by molar-refractivity contribution is 0.121. The van der Waals surface area contributed by atoms with Crippen molar-refractivity contribution in [1.82, 2.24) is 25.0 Å². The summed E-state index contributed by atoms with van der Waals surface area (Å²) in [7, 11) is 0. The summed E-state index contributed by atoms with van der Waals surface area (Å²) in [6.45, 7) is 8.58. The minimum absolute atomic E-state index is 0.962. The maximum atomic E-state index is 4.52. The predicted molar refractivity (Wildman–Crippen MR) is 101 cm³/mol. The highest BCUT2D eigenvalue weighted by molar-refractivity contribution is 7.15.